The quantitative estimate of drug-likeness (QED) is 0.258. The number of hydrogen-bond donors (Lipinski definition) is 3. The number of nitrogens with zero attached hydrogens (tertiary/aromatic N) is 1. The topological polar surface area (TPSA) is 97.8 Å². The largest absolute Gasteiger partial charge is 0.296 e. The molecule has 0 bridgehead atoms. The van der Waals surface area contributed by atoms with E-state index in [1.807, 2.05) is 0 Å². The average molecular weight is 128 g/mol. The molecule has 0 saturated carbocycles. The highest BCUT2D eigenvalue weighted by Crippen LogP contribution is 1.81. The Labute approximate surface area is 52.0 Å². The number of hydrogen-bond acceptors (Lipinski definition) is 4. The van der Waals surface area contributed by atoms with Gasteiger partial charge < -0.3 is 0 Å². The van der Waals surface area contributed by atoms with Crippen molar-refractivity contribution in [2.24, 2.45) is 11.7 Å². The zero-order valence-electron chi connectivity index (χ0n) is 4.74. The maximum atomic E-state index is 9.80. The van der Waals surface area contributed by atoms with Crippen LogP contribution in [0.2, 0.25) is 0 Å². The number of nitrogens with two attached hydrogens (primary N) is 2. The molecule has 0 aliphatic heterocycles. The smallest absolute Gasteiger partial charge is 0.167 e. The molecule has 1 rings (SSSR count). The van der Waals surface area contributed by atoms with Crippen LogP contribution in [0.15, 0.2) is 12.3 Å². The van der Waals surface area contributed by atoms with Crippen LogP contribution in [0.25, 0.3) is 0 Å². The van der Waals surface area contributed by atoms with E-state index in [0.29, 0.717) is 12.0 Å². The molecule has 50 valence electrons. The van der Waals surface area contributed by atoms with Crippen molar-refractivity contribution >= 4 is 6.29 Å². The highest BCUT2D eigenvalue weighted by atomic mass is 16.1. The van der Waals surface area contributed by atoms with Gasteiger partial charge in [-0.3, -0.25) is 21.6 Å². The van der Waals surface area contributed by atoms with Crippen molar-refractivity contribution in [2.75, 3.05) is 0 Å². The van der Waals surface area contributed by atoms with E-state index >= 15 is 0 Å². The van der Waals surface area contributed by atoms with Crippen LogP contribution in [0.4, 0.5) is 0 Å². The van der Waals surface area contributed by atoms with Crippen LogP contribution in [0.1, 0.15) is 10.5 Å². The molecule has 0 aliphatic rings. The van der Waals surface area contributed by atoms with E-state index in [2.05, 4.69) is 21.9 Å². The summed E-state index contributed by atoms with van der Waals surface area (Å²) in [6.07, 6.45) is 2.25. The fourth-order valence-electron chi connectivity index (χ4n) is 0.332. The van der Waals surface area contributed by atoms with E-state index in [1.54, 1.807) is 6.07 Å². The first kappa shape index (κ1) is 7.80. The summed E-state index contributed by atoms with van der Waals surface area (Å²) in [7, 11) is 0. The summed E-state index contributed by atoms with van der Waals surface area (Å²) in [5.74, 6) is 8.00. The van der Waals surface area contributed by atoms with Gasteiger partial charge in [0.1, 0.15) is 0 Å². The zero-order valence-corrected chi connectivity index (χ0v) is 4.74. The predicted octanol–water partition coefficient (Wildman–Crippen LogP) is -0.959. The van der Waals surface area contributed by atoms with Gasteiger partial charge in [0, 0.05) is 6.20 Å². The van der Waals surface area contributed by atoms with Crippen LogP contribution in [0.5, 0.6) is 0 Å². The van der Waals surface area contributed by atoms with Crippen molar-refractivity contribution in [1.82, 2.24) is 10.2 Å². The van der Waals surface area contributed by atoms with Crippen molar-refractivity contribution in [3.8, 4) is 0 Å². The van der Waals surface area contributed by atoms with Crippen molar-refractivity contribution in [1.29, 1.82) is 0 Å². The Morgan fingerprint density at radius 1 is 1.67 bits per heavy atom. The van der Waals surface area contributed by atoms with Gasteiger partial charge in [0.2, 0.25) is 0 Å². The normalized spacial score (nSPS) is 7.33. The number of carbonyl (C=O) groups is 1. The molecule has 0 aliphatic carbocycles. The van der Waals surface area contributed by atoms with Gasteiger partial charge in [-0.1, -0.05) is 0 Å². The SMILES string of the molecule is NN.O=Cc1ccn[nH]1. The first-order valence-corrected chi connectivity index (χ1v) is 2.21. The van der Waals surface area contributed by atoms with Gasteiger partial charge in [-0.15, -0.1) is 0 Å². The molecule has 0 atom stereocenters. The third-order valence-electron chi connectivity index (χ3n) is 0.649. The molecular weight excluding hydrogens is 120 g/mol. The van der Waals surface area contributed by atoms with E-state index in [1.165, 1.54) is 6.20 Å². The van der Waals surface area contributed by atoms with Gasteiger partial charge in [-0.05, 0) is 6.07 Å². The molecule has 1 aromatic heterocycles. The van der Waals surface area contributed by atoms with Gasteiger partial charge in [-0.25, -0.2) is 0 Å². The Morgan fingerprint density at radius 2 is 2.33 bits per heavy atom. The fourth-order valence-corrected chi connectivity index (χ4v) is 0.332. The van der Waals surface area contributed by atoms with Gasteiger partial charge in [-0.2, -0.15) is 5.10 Å². The van der Waals surface area contributed by atoms with E-state index in [0.717, 1.165) is 0 Å². The number of H-pyrrole nitrogens is 1. The highest BCUT2D eigenvalue weighted by molar-refractivity contribution is 5.70. The fraction of sp³-hybridized carbons (Fsp3) is 0. The Morgan fingerprint density at radius 3 is 2.56 bits per heavy atom. The average Bonchev–Trinajstić information content (AvgIpc) is 2.43. The summed E-state index contributed by atoms with van der Waals surface area (Å²) in [6, 6.07) is 1.60. The minimum Gasteiger partial charge on any atom is -0.296 e. The van der Waals surface area contributed by atoms with Crippen molar-refractivity contribution in [2.45, 2.75) is 0 Å². The molecule has 9 heavy (non-hydrogen) atoms. The summed E-state index contributed by atoms with van der Waals surface area (Å²) in [4.78, 5) is 9.80. The molecular formula is C4H8N4O. The summed E-state index contributed by atoms with van der Waals surface area (Å²) in [6.45, 7) is 0. The number of nitrogens with one attached hydrogen (secondary N) is 1. The summed E-state index contributed by atoms with van der Waals surface area (Å²) < 4.78 is 0. The molecule has 0 spiro atoms. The van der Waals surface area contributed by atoms with Gasteiger partial charge in [0.05, 0.1) is 5.69 Å². The molecule has 5 N–H and O–H groups in total. The first-order chi connectivity index (χ1) is 4.43. The van der Waals surface area contributed by atoms with Crippen LogP contribution >= 0.6 is 0 Å². The Kier molecular flexibility index (Phi) is 4.29. The number of hydrazine groups is 1. The van der Waals surface area contributed by atoms with Gasteiger partial charge in [0.25, 0.3) is 0 Å². The molecule has 5 nitrogen and oxygen atoms in total. The minimum atomic E-state index is 0.514. The van der Waals surface area contributed by atoms with E-state index in [4.69, 9.17) is 0 Å². The maximum absolute atomic E-state index is 9.80. The molecule has 1 heterocycles. The lowest BCUT2D eigenvalue weighted by Crippen LogP contribution is -2.02. The monoisotopic (exact) mass is 128 g/mol. The van der Waals surface area contributed by atoms with Crippen LogP contribution in [0, 0.1) is 0 Å². The third kappa shape index (κ3) is 2.58. The van der Waals surface area contributed by atoms with Crippen LogP contribution in [-0.4, -0.2) is 16.5 Å². The molecule has 5 heteroatoms. The van der Waals surface area contributed by atoms with Crippen molar-refractivity contribution in [3.05, 3.63) is 18.0 Å². The van der Waals surface area contributed by atoms with Crippen LogP contribution in [-0.2, 0) is 0 Å². The lowest BCUT2D eigenvalue weighted by atomic mass is 10.5. The summed E-state index contributed by atoms with van der Waals surface area (Å²) in [5, 5.41) is 6.01. The summed E-state index contributed by atoms with van der Waals surface area (Å²) in [5.41, 5.74) is 0.514. The van der Waals surface area contributed by atoms with Crippen molar-refractivity contribution < 1.29 is 4.79 Å². The third-order valence-corrected chi connectivity index (χ3v) is 0.649. The number of aldehydes is 1. The summed E-state index contributed by atoms with van der Waals surface area (Å²) >= 11 is 0. The number of carbonyl (C=O) groups excluding carboxylic acids is 1. The van der Waals surface area contributed by atoms with Crippen LogP contribution in [0.3, 0.4) is 0 Å². The Balaban J connectivity index is 0.000000291. The van der Waals surface area contributed by atoms with Gasteiger partial charge in [0.15, 0.2) is 6.29 Å². The lowest BCUT2D eigenvalue weighted by molar-refractivity contribution is 0.111. The van der Waals surface area contributed by atoms with Gasteiger partial charge >= 0.3 is 0 Å². The molecule has 0 aromatic carbocycles. The molecule has 1 aromatic rings. The van der Waals surface area contributed by atoms with Crippen LogP contribution < -0.4 is 11.7 Å². The number of rotatable bonds is 1. The van der Waals surface area contributed by atoms with E-state index in [-0.39, 0.29) is 0 Å². The second-order valence-corrected chi connectivity index (χ2v) is 1.13. The Bertz CT molecular complexity index is 148. The molecule has 0 fully saturated rings. The number of aromatic nitrogens is 2. The highest BCUT2D eigenvalue weighted by Gasteiger charge is 1.82. The predicted molar refractivity (Wildman–Crippen MR) is 32.4 cm³/mol. The second kappa shape index (κ2) is 4.95. The molecule has 0 unspecified atom stereocenters. The standard InChI is InChI=1S/C4H4N2O.H4N2/c7-3-4-1-2-5-6-4;1-2/h1-3H,(H,5,6);1-2H2. The molecule has 0 radical (unpaired) electrons. The van der Waals surface area contributed by atoms with E-state index < -0.39 is 0 Å². The number of aromatic amines is 1. The Hall–Kier alpha value is -1.20. The first-order valence-electron chi connectivity index (χ1n) is 2.21. The minimum absolute atomic E-state index is 0.514. The van der Waals surface area contributed by atoms with E-state index in [9.17, 15) is 4.79 Å². The van der Waals surface area contributed by atoms with Crippen molar-refractivity contribution in [3.63, 3.8) is 0 Å². The zero-order chi connectivity index (χ0) is 7.11. The lowest BCUT2D eigenvalue weighted by Gasteiger charge is -1.68. The maximum Gasteiger partial charge on any atom is 0.167 e. The molecule has 0 amide bonds. The second-order valence-electron chi connectivity index (χ2n) is 1.13. The molecule has 0 saturated heterocycles.